The number of fused-ring (bicyclic) bond motifs is 1. The van der Waals surface area contributed by atoms with Crippen molar-refractivity contribution in [2.24, 2.45) is 0 Å². The fourth-order valence-electron chi connectivity index (χ4n) is 1.83. The average Bonchev–Trinajstić information content (AvgIpc) is 2.65. The molecule has 2 heterocycles. The molecule has 0 bridgehead atoms. The van der Waals surface area contributed by atoms with Crippen LogP contribution in [0.25, 0.3) is 16.9 Å². The van der Waals surface area contributed by atoms with E-state index in [0.717, 1.165) is 11.2 Å². The van der Waals surface area contributed by atoms with E-state index in [4.69, 9.17) is 35.4 Å². The molecule has 1 aromatic carbocycles. The number of imidazole rings is 1. The maximum atomic E-state index is 6.18. The predicted octanol–water partition coefficient (Wildman–Crippen LogP) is 4.39. The van der Waals surface area contributed by atoms with Gasteiger partial charge in [0.05, 0.1) is 21.2 Å². The van der Waals surface area contributed by atoms with Gasteiger partial charge in [-0.25, -0.2) is 4.98 Å². The van der Waals surface area contributed by atoms with Gasteiger partial charge in [0.1, 0.15) is 0 Å². The summed E-state index contributed by atoms with van der Waals surface area (Å²) >= 11 is 17.4. The van der Waals surface area contributed by atoms with Crippen molar-refractivity contribution in [3.05, 3.63) is 51.3 Å². The van der Waals surface area contributed by atoms with Crippen LogP contribution in [0, 0.1) is 4.77 Å². The first-order chi connectivity index (χ1) is 8.66. The molecule has 0 aliphatic heterocycles. The Balaban J connectivity index is 2.40. The van der Waals surface area contributed by atoms with Gasteiger partial charge in [0, 0.05) is 6.20 Å². The number of rotatable bonds is 1. The lowest BCUT2D eigenvalue weighted by atomic mass is 10.3. The Bertz CT molecular complexity index is 791. The summed E-state index contributed by atoms with van der Waals surface area (Å²) in [7, 11) is 0. The van der Waals surface area contributed by atoms with Crippen molar-refractivity contribution in [2.45, 2.75) is 0 Å². The van der Waals surface area contributed by atoms with Gasteiger partial charge in [0.15, 0.2) is 10.4 Å². The van der Waals surface area contributed by atoms with Crippen molar-refractivity contribution in [2.75, 3.05) is 0 Å². The van der Waals surface area contributed by atoms with Crippen LogP contribution in [0.3, 0.4) is 0 Å². The second-order valence-electron chi connectivity index (χ2n) is 3.74. The highest BCUT2D eigenvalue weighted by atomic mass is 35.5. The van der Waals surface area contributed by atoms with Gasteiger partial charge in [0.2, 0.25) is 0 Å². The van der Waals surface area contributed by atoms with E-state index in [1.165, 1.54) is 0 Å². The van der Waals surface area contributed by atoms with E-state index in [1.807, 2.05) is 24.3 Å². The Morgan fingerprint density at radius 1 is 1.22 bits per heavy atom. The highest BCUT2D eigenvalue weighted by Crippen LogP contribution is 2.25. The quantitative estimate of drug-likeness (QED) is 0.676. The zero-order chi connectivity index (χ0) is 12.7. The van der Waals surface area contributed by atoms with Gasteiger partial charge >= 0.3 is 0 Å². The lowest BCUT2D eigenvalue weighted by Gasteiger charge is -2.05. The molecule has 1 N–H and O–H groups in total. The minimum Gasteiger partial charge on any atom is -0.329 e. The predicted molar refractivity (Wildman–Crippen MR) is 76.3 cm³/mol. The van der Waals surface area contributed by atoms with Crippen molar-refractivity contribution in [3.63, 3.8) is 0 Å². The van der Waals surface area contributed by atoms with Crippen molar-refractivity contribution >= 4 is 46.6 Å². The zero-order valence-corrected chi connectivity index (χ0v) is 11.4. The highest BCUT2D eigenvalue weighted by molar-refractivity contribution is 7.71. The molecule has 18 heavy (non-hydrogen) atoms. The number of hydrogen-bond acceptors (Lipinski definition) is 2. The van der Waals surface area contributed by atoms with Crippen molar-refractivity contribution < 1.29 is 0 Å². The number of benzene rings is 1. The minimum absolute atomic E-state index is 0.535. The fourth-order valence-corrected chi connectivity index (χ4v) is 2.50. The summed E-state index contributed by atoms with van der Waals surface area (Å²) in [5, 5.41) is 1.18. The number of pyridine rings is 1. The van der Waals surface area contributed by atoms with Crippen LogP contribution in [0.4, 0.5) is 0 Å². The lowest BCUT2D eigenvalue weighted by Crippen LogP contribution is -1.96. The zero-order valence-electron chi connectivity index (χ0n) is 9.02. The molecule has 3 rings (SSSR count). The summed E-state index contributed by atoms with van der Waals surface area (Å²) in [5.41, 5.74) is 2.29. The molecule has 2 aromatic heterocycles. The molecular weight excluding hydrogens is 289 g/mol. The van der Waals surface area contributed by atoms with E-state index < -0.39 is 0 Å². The van der Waals surface area contributed by atoms with Crippen LogP contribution in [0.5, 0.6) is 0 Å². The molecule has 6 heteroatoms. The summed E-state index contributed by atoms with van der Waals surface area (Å²) in [6.07, 6.45) is 1.58. The SMILES string of the molecule is S=c1[nH]c2cc(Cl)cnc2n1-c1ccccc1Cl. The van der Waals surface area contributed by atoms with E-state index in [2.05, 4.69) is 9.97 Å². The first-order valence-electron chi connectivity index (χ1n) is 5.18. The summed E-state index contributed by atoms with van der Waals surface area (Å²) in [4.78, 5) is 7.36. The Hall–Kier alpha value is -1.36. The van der Waals surface area contributed by atoms with Gasteiger partial charge in [-0.1, -0.05) is 35.3 Å². The minimum atomic E-state index is 0.535. The summed E-state index contributed by atoms with van der Waals surface area (Å²) in [6.45, 7) is 0. The van der Waals surface area contributed by atoms with Gasteiger partial charge in [-0.05, 0) is 30.4 Å². The molecule has 0 saturated carbocycles. The topological polar surface area (TPSA) is 33.6 Å². The third-order valence-electron chi connectivity index (χ3n) is 2.58. The highest BCUT2D eigenvalue weighted by Gasteiger charge is 2.10. The maximum Gasteiger partial charge on any atom is 0.184 e. The van der Waals surface area contributed by atoms with Gasteiger partial charge in [-0.2, -0.15) is 0 Å². The number of aromatic amines is 1. The van der Waals surface area contributed by atoms with Crippen LogP contribution in [0.15, 0.2) is 36.5 Å². The van der Waals surface area contributed by atoms with Crippen LogP contribution in [0.2, 0.25) is 10.0 Å². The van der Waals surface area contributed by atoms with E-state index >= 15 is 0 Å². The second-order valence-corrected chi connectivity index (χ2v) is 4.97. The molecule has 0 aliphatic rings. The molecule has 0 amide bonds. The van der Waals surface area contributed by atoms with Crippen LogP contribution in [0.1, 0.15) is 0 Å². The van der Waals surface area contributed by atoms with Crippen LogP contribution in [-0.2, 0) is 0 Å². The number of nitrogens with one attached hydrogen (secondary N) is 1. The second kappa shape index (κ2) is 4.39. The standard InChI is InChI=1S/C12H7Cl2N3S/c13-7-5-9-11(15-6-7)17(12(18)16-9)10-4-2-1-3-8(10)14/h1-6H,(H,16,18). The maximum absolute atomic E-state index is 6.18. The number of aromatic nitrogens is 3. The van der Waals surface area contributed by atoms with E-state index in [-0.39, 0.29) is 0 Å². The summed E-state index contributed by atoms with van der Waals surface area (Å²) in [6, 6.07) is 9.26. The molecule has 90 valence electrons. The molecule has 0 spiro atoms. The monoisotopic (exact) mass is 295 g/mol. The Morgan fingerprint density at radius 3 is 2.78 bits per heavy atom. The van der Waals surface area contributed by atoms with Crippen molar-refractivity contribution in [1.29, 1.82) is 0 Å². The Kier molecular flexibility index (Phi) is 2.86. The van der Waals surface area contributed by atoms with Gasteiger partial charge in [-0.3, -0.25) is 4.57 Å². The number of H-pyrrole nitrogens is 1. The van der Waals surface area contributed by atoms with Gasteiger partial charge in [0.25, 0.3) is 0 Å². The smallest absolute Gasteiger partial charge is 0.184 e. The number of hydrogen-bond donors (Lipinski definition) is 1. The molecule has 0 unspecified atom stereocenters. The fraction of sp³-hybridized carbons (Fsp3) is 0. The van der Waals surface area contributed by atoms with Gasteiger partial charge in [-0.15, -0.1) is 0 Å². The molecule has 0 atom stereocenters. The summed E-state index contributed by atoms with van der Waals surface area (Å²) < 4.78 is 2.33. The largest absolute Gasteiger partial charge is 0.329 e. The third-order valence-corrected chi connectivity index (χ3v) is 3.39. The van der Waals surface area contributed by atoms with Crippen LogP contribution >= 0.6 is 35.4 Å². The Morgan fingerprint density at radius 2 is 2.00 bits per heavy atom. The molecule has 3 nitrogen and oxygen atoms in total. The molecule has 0 aliphatic carbocycles. The van der Waals surface area contributed by atoms with E-state index in [1.54, 1.807) is 16.8 Å². The number of nitrogens with zero attached hydrogens (tertiary/aromatic N) is 2. The van der Waals surface area contributed by atoms with E-state index in [9.17, 15) is 0 Å². The molecule has 0 fully saturated rings. The molecular formula is C12H7Cl2N3S. The first-order valence-corrected chi connectivity index (χ1v) is 6.34. The molecule has 0 radical (unpaired) electrons. The van der Waals surface area contributed by atoms with E-state index in [0.29, 0.717) is 20.5 Å². The normalized spacial score (nSPS) is 11.0. The van der Waals surface area contributed by atoms with Gasteiger partial charge < -0.3 is 4.98 Å². The van der Waals surface area contributed by atoms with Crippen LogP contribution < -0.4 is 0 Å². The van der Waals surface area contributed by atoms with Crippen molar-refractivity contribution in [3.8, 4) is 5.69 Å². The van der Waals surface area contributed by atoms with Crippen LogP contribution in [-0.4, -0.2) is 14.5 Å². The third kappa shape index (κ3) is 1.82. The number of halogens is 2. The molecule has 3 aromatic rings. The lowest BCUT2D eigenvalue weighted by molar-refractivity contribution is 1.04. The average molecular weight is 296 g/mol. The van der Waals surface area contributed by atoms with Crippen molar-refractivity contribution in [1.82, 2.24) is 14.5 Å². The Labute approximate surface area is 118 Å². The number of para-hydroxylation sites is 1. The molecule has 0 saturated heterocycles. The summed E-state index contributed by atoms with van der Waals surface area (Å²) in [5.74, 6) is 0. The first kappa shape index (κ1) is 11.7.